The zero-order valence-electron chi connectivity index (χ0n) is 11.6. The van der Waals surface area contributed by atoms with Gasteiger partial charge in [0.2, 0.25) is 0 Å². The summed E-state index contributed by atoms with van der Waals surface area (Å²) in [7, 11) is -2.89. The summed E-state index contributed by atoms with van der Waals surface area (Å²) >= 11 is 0. The first-order valence-electron chi connectivity index (χ1n) is 6.26. The predicted octanol–water partition coefficient (Wildman–Crippen LogP) is 1.90. The molecular formula is C13H22N2O3S. The van der Waals surface area contributed by atoms with Crippen LogP contribution in [0.1, 0.15) is 20.3 Å². The Kier molecular flexibility index (Phi) is 5.47. The lowest BCUT2D eigenvalue weighted by Gasteiger charge is -2.14. The number of nitrogens with one attached hydrogen (secondary N) is 1. The predicted molar refractivity (Wildman–Crippen MR) is 79.4 cm³/mol. The number of hydrogen-bond acceptors (Lipinski definition) is 5. The topological polar surface area (TPSA) is 81.4 Å². The van der Waals surface area contributed by atoms with E-state index in [4.69, 9.17) is 10.5 Å². The van der Waals surface area contributed by atoms with E-state index in [0.29, 0.717) is 24.4 Å². The maximum Gasteiger partial charge on any atom is 0.147 e. The standard InChI is InChI=1S/C13H22N2O3S/c1-10(2)18-13-9-11(5-6-12(13)14)15-7-4-8-19(3,16)17/h5-6,9-10,15H,4,7-8,14H2,1-3H3. The Balaban J connectivity index is 2.55. The molecule has 0 atom stereocenters. The lowest BCUT2D eigenvalue weighted by Crippen LogP contribution is -2.11. The molecule has 0 spiro atoms. The van der Waals surface area contributed by atoms with E-state index in [-0.39, 0.29) is 11.9 Å². The summed E-state index contributed by atoms with van der Waals surface area (Å²) in [5.74, 6) is 0.827. The Morgan fingerprint density at radius 3 is 2.63 bits per heavy atom. The van der Waals surface area contributed by atoms with Gasteiger partial charge in [-0.15, -0.1) is 0 Å². The molecule has 108 valence electrons. The summed E-state index contributed by atoms with van der Waals surface area (Å²) < 4.78 is 27.6. The molecule has 3 N–H and O–H groups in total. The van der Waals surface area contributed by atoms with Crippen LogP contribution in [0, 0.1) is 0 Å². The van der Waals surface area contributed by atoms with Crippen LogP contribution in [-0.4, -0.2) is 33.1 Å². The van der Waals surface area contributed by atoms with Crippen LogP contribution in [0.15, 0.2) is 18.2 Å². The molecule has 19 heavy (non-hydrogen) atoms. The molecule has 0 aliphatic heterocycles. The molecule has 0 unspecified atom stereocenters. The van der Waals surface area contributed by atoms with Gasteiger partial charge >= 0.3 is 0 Å². The summed E-state index contributed by atoms with van der Waals surface area (Å²) in [5.41, 5.74) is 7.28. The van der Waals surface area contributed by atoms with Crippen LogP contribution in [0.3, 0.4) is 0 Å². The number of rotatable bonds is 7. The van der Waals surface area contributed by atoms with Crippen molar-refractivity contribution < 1.29 is 13.2 Å². The van der Waals surface area contributed by atoms with Crippen molar-refractivity contribution in [3.05, 3.63) is 18.2 Å². The number of ether oxygens (including phenoxy) is 1. The first-order chi connectivity index (χ1) is 8.78. The van der Waals surface area contributed by atoms with E-state index in [2.05, 4.69) is 5.32 Å². The highest BCUT2D eigenvalue weighted by Gasteiger charge is 2.05. The molecule has 1 aromatic rings. The van der Waals surface area contributed by atoms with Crippen LogP contribution < -0.4 is 15.8 Å². The molecule has 0 saturated carbocycles. The Morgan fingerprint density at radius 2 is 2.05 bits per heavy atom. The van der Waals surface area contributed by atoms with Gasteiger partial charge in [0.25, 0.3) is 0 Å². The van der Waals surface area contributed by atoms with Gasteiger partial charge in [0.05, 0.1) is 17.5 Å². The van der Waals surface area contributed by atoms with Gasteiger partial charge in [-0.25, -0.2) is 8.42 Å². The van der Waals surface area contributed by atoms with Crippen molar-refractivity contribution in [2.75, 3.05) is 29.6 Å². The van der Waals surface area contributed by atoms with Gasteiger partial charge in [-0.3, -0.25) is 0 Å². The molecule has 1 aromatic carbocycles. The highest BCUT2D eigenvalue weighted by molar-refractivity contribution is 7.90. The summed E-state index contributed by atoms with van der Waals surface area (Å²) in [6.45, 7) is 4.47. The molecule has 0 aliphatic carbocycles. The fraction of sp³-hybridized carbons (Fsp3) is 0.538. The van der Waals surface area contributed by atoms with Crippen LogP contribution in [0.4, 0.5) is 11.4 Å². The lowest BCUT2D eigenvalue weighted by atomic mass is 10.2. The molecule has 0 aromatic heterocycles. The number of sulfone groups is 1. The van der Waals surface area contributed by atoms with E-state index in [1.54, 1.807) is 6.07 Å². The lowest BCUT2D eigenvalue weighted by molar-refractivity contribution is 0.244. The van der Waals surface area contributed by atoms with Gasteiger partial charge in [0.15, 0.2) is 0 Å². The van der Waals surface area contributed by atoms with E-state index in [9.17, 15) is 8.42 Å². The zero-order valence-corrected chi connectivity index (χ0v) is 12.5. The van der Waals surface area contributed by atoms with Crippen molar-refractivity contribution in [3.63, 3.8) is 0 Å². The van der Waals surface area contributed by atoms with Crippen molar-refractivity contribution in [2.45, 2.75) is 26.4 Å². The Bertz CT molecular complexity index is 513. The van der Waals surface area contributed by atoms with Crippen LogP contribution in [-0.2, 0) is 9.84 Å². The highest BCUT2D eigenvalue weighted by atomic mass is 32.2. The molecule has 0 saturated heterocycles. The van der Waals surface area contributed by atoms with Crippen molar-refractivity contribution in [1.82, 2.24) is 0 Å². The quantitative estimate of drug-likeness (QED) is 0.591. The SMILES string of the molecule is CC(C)Oc1cc(NCCCS(C)(=O)=O)ccc1N. The van der Waals surface area contributed by atoms with Gasteiger partial charge < -0.3 is 15.8 Å². The third-order valence-electron chi connectivity index (χ3n) is 2.40. The van der Waals surface area contributed by atoms with Gasteiger partial charge in [-0.2, -0.15) is 0 Å². The number of hydrogen-bond donors (Lipinski definition) is 2. The Hall–Kier alpha value is -1.43. The summed E-state index contributed by atoms with van der Waals surface area (Å²) in [6.07, 6.45) is 1.87. The van der Waals surface area contributed by atoms with Gasteiger partial charge in [-0.05, 0) is 32.4 Å². The first kappa shape index (κ1) is 15.6. The smallest absolute Gasteiger partial charge is 0.147 e. The second-order valence-corrected chi connectivity index (χ2v) is 7.09. The minimum atomic E-state index is -2.89. The Labute approximate surface area is 115 Å². The van der Waals surface area contributed by atoms with Crippen LogP contribution in [0.25, 0.3) is 0 Å². The van der Waals surface area contributed by atoms with Gasteiger partial charge in [-0.1, -0.05) is 0 Å². The van der Waals surface area contributed by atoms with E-state index in [0.717, 1.165) is 5.69 Å². The number of nitrogen functional groups attached to an aromatic ring is 1. The maximum atomic E-state index is 11.0. The average molecular weight is 286 g/mol. The average Bonchev–Trinajstić information content (AvgIpc) is 2.26. The van der Waals surface area contributed by atoms with Gasteiger partial charge in [0.1, 0.15) is 15.6 Å². The summed E-state index contributed by atoms with van der Waals surface area (Å²) in [4.78, 5) is 0. The fourth-order valence-corrected chi connectivity index (χ4v) is 2.24. The molecule has 0 fully saturated rings. The number of benzene rings is 1. The second kappa shape index (κ2) is 6.65. The molecular weight excluding hydrogens is 264 g/mol. The second-order valence-electron chi connectivity index (χ2n) is 4.83. The maximum absolute atomic E-state index is 11.0. The largest absolute Gasteiger partial charge is 0.489 e. The normalized spacial score (nSPS) is 11.6. The van der Waals surface area contributed by atoms with Crippen molar-refractivity contribution in [3.8, 4) is 5.75 Å². The van der Waals surface area contributed by atoms with Crippen molar-refractivity contribution in [1.29, 1.82) is 0 Å². The van der Waals surface area contributed by atoms with E-state index in [1.807, 2.05) is 26.0 Å². The van der Waals surface area contributed by atoms with Crippen LogP contribution in [0.2, 0.25) is 0 Å². The summed E-state index contributed by atoms with van der Waals surface area (Å²) in [6, 6.07) is 5.45. The molecule has 0 aliphatic rings. The molecule has 6 heteroatoms. The molecule has 0 radical (unpaired) electrons. The summed E-state index contributed by atoms with van der Waals surface area (Å²) in [5, 5.41) is 3.16. The molecule has 0 heterocycles. The zero-order chi connectivity index (χ0) is 14.5. The fourth-order valence-electron chi connectivity index (χ4n) is 1.57. The molecule has 5 nitrogen and oxygen atoms in total. The van der Waals surface area contributed by atoms with Gasteiger partial charge in [0, 0.05) is 24.6 Å². The minimum absolute atomic E-state index is 0.0581. The Morgan fingerprint density at radius 1 is 1.37 bits per heavy atom. The van der Waals surface area contributed by atoms with Crippen molar-refractivity contribution in [2.24, 2.45) is 0 Å². The molecule has 1 rings (SSSR count). The number of anilines is 2. The number of nitrogens with two attached hydrogens (primary N) is 1. The highest BCUT2D eigenvalue weighted by Crippen LogP contribution is 2.26. The van der Waals surface area contributed by atoms with Crippen molar-refractivity contribution >= 4 is 21.2 Å². The first-order valence-corrected chi connectivity index (χ1v) is 8.32. The third kappa shape index (κ3) is 6.33. The van der Waals surface area contributed by atoms with E-state index >= 15 is 0 Å². The molecule has 0 bridgehead atoms. The monoisotopic (exact) mass is 286 g/mol. The third-order valence-corrected chi connectivity index (χ3v) is 3.43. The van der Waals surface area contributed by atoms with Crippen LogP contribution in [0.5, 0.6) is 5.75 Å². The van der Waals surface area contributed by atoms with E-state index < -0.39 is 9.84 Å². The molecule has 0 amide bonds. The minimum Gasteiger partial charge on any atom is -0.489 e. The van der Waals surface area contributed by atoms with E-state index in [1.165, 1.54) is 6.26 Å². The van der Waals surface area contributed by atoms with Crippen LogP contribution >= 0.6 is 0 Å².